The van der Waals surface area contributed by atoms with Crippen LogP contribution in [0, 0.1) is 0 Å². The van der Waals surface area contributed by atoms with Gasteiger partial charge in [-0.15, -0.1) is 11.3 Å². The summed E-state index contributed by atoms with van der Waals surface area (Å²) in [7, 11) is 0. The average Bonchev–Trinajstić information content (AvgIpc) is 3.29. The molecule has 124 valence electrons. The highest BCUT2D eigenvalue weighted by molar-refractivity contribution is 7.09. The number of thiophene rings is 1. The molecule has 0 bridgehead atoms. The first-order valence-corrected chi connectivity index (χ1v) is 9.22. The zero-order valence-corrected chi connectivity index (χ0v) is 14.4. The van der Waals surface area contributed by atoms with E-state index in [0.29, 0.717) is 0 Å². The molecule has 1 aliphatic rings. The summed E-state index contributed by atoms with van der Waals surface area (Å²) in [6.07, 6.45) is 1.83. The Labute approximate surface area is 146 Å². The second-order valence-electron chi connectivity index (χ2n) is 6.12. The fourth-order valence-corrected chi connectivity index (χ4v) is 3.79. The first-order chi connectivity index (χ1) is 11.9. The van der Waals surface area contributed by atoms with Crippen LogP contribution in [0.3, 0.4) is 0 Å². The van der Waals surface area contributed by atoms with Crippen molar-refractivity contribution in [1.82, 2.24) is 14.8 Å². The van der Waals surface area contributed by atoms with Gasteiger partial charge in [0.2, 0.25) is 5.89 Å². The molecule has 0 aliphatic carbocycles. The molecule has 4 rings (SSSR count). The molecule has 0 atom stereocenters. The molecule has 0 spiro atoms. The lowest BCUT2D eigenvalue weighted by Gasteiger charge is -2.33. The van der Waals surface area contributed by atoms with Crippen molar-refractivity contribution in [3.05, 3.63) is 64.8 Å². The molecule has 1 fully saturated rings. The number of benzene rings is 1. The van der Waals surface area contributed by atoms with Gasteiger partial charge in [-0.2, -0.15) is 0 Å². The van der Waals surface area contributed by atoms with Gasteiger partial charge in [0.1, 0.15) is 0 Å². The van der Waals surface area contributed by atoms with Gasteiger partial charge in [-0.05, 0) is 11.4 Å². The molecule has 3 aromatic rings. The number of hydrogen-bond acceptors (Lipinski definition) is 5. The van der Waals surface area contributed by atoms with E-state index in [9.17, 15) is 0 Å². The molecule has 5 heteroatoms. The van der Waals surface area contributed by atoms with Gasteiger partial charge in [0.25, 0.3) is 0 Å². The number of nitrogens with zero attached hydrogens (tertiary/aromatic N) is 3. The van der Waals surface area contributed by atoms with Crippen molar-refractivity contribution >= 4 is 11.3 Å². The van der Waals surface area contributed by atoms with Gasteiger partial charge in [-0.1, -0.05) is 36.4 Å². The summed E-state index contributed by atoms with van der Waals surface area (Å²) in [5.41, 5.74) is 1.08. The maximum atomic E-state index is 5.92. The molecule has 1 aliphatic heterocycles. The molecular weight excluding hydrogens is 318 g/mol. The van der Waals surface area contributed by atoms with Gasteiger partial charge in [0, 0.05) is 43.2 Å². The number of oxazole rings is 1. The Morgan fingerprint density at radius 2 is 1.67 bits per heavy atom. The van der Waals surface area contributed by atoms with Crippen LogP contribution in [0.15, 0.2) is 58.5 Å². The zero-order chi connectivity index (χ0) is 16.2. The van der Waals surface area contributed by atoms with Gasteiger partial charge in [0.15, 0.2) is 5.76 Å². The van der Waals surface area contributed by atoms with Gasteiger partial charge >= 0.3 is 0 Å². The van der Waals surface area contributed by atoms with Crippen LogP contribution < -0.4 is 0 Å². The highest BCUT2D eigenvalue weighted by atomic mass is 32.1. The number of hydrogen-bond donors (Lipinski definition) is 0. The van der Waals surface area contributed by atoms with Crippen LogP contribution >= 0.6 is 11.3 Å². The summed E-state index contributed by atoms with van der Waals surface area (Å²) in [5, 5.41) is 2.15. The molecule has 1 saturated heterocycles. The third kappa shape index (κ3) is 3.75. The molecule has 0 unspecified atom stereocenters. The summed E-state index contributed by atoms with van der Waals surface area (Å²) in [4.78, 5) is 10.8. The third-order valence-electron chi connectivity index (χ3n) is 4.40. The van der Waals surface area contributed by atoms with Crippen LogP contribution in [0.25, 0.3) is 11.3 Å². The van der Waals surface area contributed by atoms with E-state index in [1.807, 2.05) is 47.9 Å². The Kier molecular flexibility index (Phi) is 4.74. The molecule has 2 aromatic heterocycles. The SMILES string of the molecule is c1ccc(-c2cnc(CN3CCN(Cc4cccs4)CC3)o2)cc1. The fourth-order valence-electron chi connectivity index (χ4n) is 3.04. The summed E-state index contributed by atoms with van der Waals surface area (Å²) >= 11 is 1.84. The number of rotatable bonds is 5. The van der Waals surface area contributed by atoms with E-state index in [-0.39, 0.29) is 0 Å². The van der Waals surface area contributed by atoms with Crippen LogP contribution in [0.4, 0.5) is 0 Å². The Bertz CT molecular complexity index is 746. The molecule has 0 radical (unpaired) electrons. The van der Waals surface area contributed by atoms with Gasteiger partial charge in [0.05, 0.1) is 12.7 Å². The predicted molar refractivity (Wildman–Crippen MR) is 96.8 cm³/mol. The summed E-state index contributed by atoms with van der Waals surface area (Å²) in [6.45, 7) is 6.19. The molecule has 0 amide bonds. The summed E-state index contributed by atoms with van der Waals surface area (Å²) < 4.78 is 5.92. The largest absolute Gasteiger partial charge is 0.439 e. The predicted octanol–water partition coefficient (Wildman–Crippen LogP) is 3.72. The third-order valence-corrected chi connectivity index (χ3v) is 5.26. The van der Waals surface area contributed by atoms with Crippen molar-refractivity contribution in [1.29, 1.82) is 0 Å². The Hall–Kier alpha value is -1.95. The first-order valence-electron chi connectivity index (χ1n) is 8.34. The van der Waals surface area contributed by atoms with Gasteiger partial charge < -0.3 is 4.42 Å². The van der Waals surface area contributed by atoms with Crippen LogP contribution in [0.5, 0.6) is 0 Å². The Morgan fingerprint density at radius 3 is 2.38 bits per heavy atom. The minimum atomic E-state index is 0.791. The molecule has 4 nitrogen and oxygen atoms in total. The summed E-state index contributed by atoms with van der Waals surface area (Å²) in [6, 6.07) is 14.5. The Balaban J connectivity index is 1.30. The summed E-state index contributed by atoms with van der Waals surface area (Å²) in [5.74, 6) is 1.66. The maximum absolute atomic E-state index is 5.92. The molecule has 24 heavy (non-hydrogen) atoms. The lowest BCUT2D eigenvalue weighted by molar-refractivity contribution is 0.115. The molecule has 3 heterocycles. The fraction of sp³-hybridized carbons (Fsp3) is 0.316. The highest BCUT2D eigenvalue weighted by Crippen LogP contribution is 2.21. The van der Waals surface area contributed by atoms with Gasteiger partial charge in [-0.25, -0.2) is 4.98 Å². The Morgan fingerprint density at radius 1 is 0.917 bits per heavy atom. The number of piperazine rings is 1. The monoisotopic (exact) mass is 339 g/mol. The van der Waals surface area contributed by atoms with E-state index >= 15 is 0 Å². The van der Waals surface area contributed by atoms with E-state index in [1.165, 1.54) is 4.88 Å². The first kappa shape index (κ1) is 15.6. The van der Waals surface area contributed by atoms with E-state index in [4.69, 9.17) is 4.42 Å². The second kappa shape index (κ2) is 7.30. The van der Waals surface area contributed by atoms with Crippen molar-refractivity contribution in [2.45, 2.75) is 13.1 Å². The van der Waals surface area contributed by atoms with E-state index < -0.39 is 0 Å². The standard InChI is InChI=1S/C19H21N3OS/c1-2-5-16(6-3-1)18-13-20-19(23-18)15-22-10-8-21(9-11-22)14-17-7-4-12-24-17/h1-7,12-13H,8-11,14-15H2. The van der Waals surface area contributed by atoms with Crippen LogP contribution in [-0.4, -0.2) is 41.0 Å². The minimum absolute atomic E-state index is 0.791. The van der Waals surface area contributed by atoms with Crippen LogP contribution in [0.2, 0.25) is 0 Å². The quantitative estimate of drug-likeness (QED) is 0.709. The molecule has 1 aromatic carbocycles. The lowest BCUT2D eigenvalue weighted by Crippen LogP contribution is -2.45. The average molecular weight is 339 g/mol. The lowest BCUT2D eigenvalue weighted by atomic mass is 10.2. The topological polar surface area (TPSA) is 32.5 Å². The van der Waals surface area contributed by atoms with Crippen molar-refractivity contribution in [3.63, 3.8) is 0 Å². The molecular formula is C19H21N3OS. The van der Waals surface area contributed by atoms with E-state index in [0.717, 1.165) is 56.5 Å². The smallest absolute Gasteiger partial charge is 0.209 e. The van der Waals surface area contributed by atoms with Crippen molar-refractivity contribution in [2.75, 3.05) is 26.2 Å². The van der Waals surface area contributed by atoms with Crippen LogP contribution in [0.1, 0.15) is 10.8 Å². The maximum Gasteiger partial charge on any atom is 0.209 e. The molecule has 0 N–H and O–H groups in total. The zero-order valence-electron chi connectivity index (χ0n) is 13.6. The van der Waals surface area contributed by atoms with Crippen molar-refractivity contribution in [3.8, 4) is 11.3 Å². The van der Waals surface area contributed by atoms with Gasteiger partial charge in [-0.3, -0.25) is 9.80 Å². The minimum Gasteiger partial charge on any atom is -0.439 e. The number of aromatic nitrogens is 1. The van der Waals surface area contributed by atoms with E-state index in [2.05, 4.69) is 32.3 Å². The van der Waals surface area contributed by atoms with E-state index in [1.54, 1.807) is 0 Å². The molecule has 0 saturated carbocycles. The second-order valence-corrected chi connectivity index (χ2v) is 7.15. The highest BCUT2D eigenvalue weighted by Gasteiger charge is 2.19. The van der Waals surface area contributed by atoms with Crippen molar-refractivity contribution < 1.29 is 4.42 Å². The van der Waals surface area contributed by atoms with Crippen molar-refractivity contribution in [2.24, 2.45) is 0 Å². The normalized spacial score (nSPS) is 16.5. The van der Waals surface area contributed by atoms with Crippen LogP contribution in [-0.2, 0) is 13.1 Å².